The molecule has 2 N–H and O–H groups in total. The third kappa shape index (κ3) is 8.68. The van der Waals surface area contributed by atoms with Gasteiger partial charge in [0.25, 0.3) is 0 Å². The van der Waals surface area contributed by atoms with Crippen molar-refractivity contribution in [3.05, 3.63) is 59.2 Å². The molecule has 2 aromatic rings. The van der Waals surface area contributed by atoms with Gasteiger partial charge in [-0.1, -0.05) is 30.3 Å². The third-order valence-corrected chi connectivity index (χ3v) is 5.37. The van der Waals surface area contributed by atoms with Crippen LogP contribution in [0, 0.1) is 6.92 Å². The van der Waals surface area contributed by atoms with Gasteiger partial charge in [-0.25, -0.2) is 0 Å². The highest BCUT2D eigenvalue weighted by molar-refractivity contribution is 14.0. The maximum absolute atomic E-state index is 5.96. The number of para-hydroxylation sites is 1. The van der Waals surface area contributed by atoms with E-state index in [2.05, 4.69) is 69.9 Å². The van der Waals surface area contributed by atoms with Crippen LogP contribution < -0.4 is 20.3 Å². The van der Waals surface area contributed by atoms with E-state index in [1.165, 1.54) is 16.8 Å². The monoisotopic (exact) mass is 568 g/mol. The molecule has 1 aliphatic heterocycles. The molecule has 33 heavy (non-hydrogen) atoms. The van der Waals surface area contributed by atoms with E-state index < -0.39 is 0 Å². The number of hydrogen-bond acceptors (Lipinski definition) is 5. The number of hydrogen-bond donors (Lipinski definition) is 2. The maximum Gasteiger partial charge on any atom is 0.191 e. The molecule has 7 nitrogen and oxygen atoms in total. The van der Waals surface area contributed by atoms with Crippen LogP contribution in [-0.4, -0.2) is 59.1 Å². The number of morpholine rings is 1. The molecule has 0 bridgehead atoms. The number of aryl methyl sites for hydroxylation is 1. The van der Waals surface area contributed by atoms with Crippen LogP contribution in [0.25, 0.3) is 0 Å². The topological polar surface area (TPSA) is 67.4 Å². The molecule has 0 spiro atoms. The maximum atomic E-state index is 5.96. The first-order valence-corrected chi connectivity index (χ1v) is 11.4. The van der Waals surface area contributed by atoms with Crippen molar-refractivity contribution >= 4 is 35.6 Å². The molecule has 2 aromatic carbocycles. The lowest BCUT2D eigenvalue weighted by molar-refractivity contribution is 0.110. The average molecular weight is 569 g/mol. The van der Waals surface area contributed by atoms with Gasteiger partial charge in [0.1, 0.15) is 12.4 Å². The fraction of sp³-hybridized carbons (Fsp3) is 0.480. The van der Waals surface area contributed by atoms with Gasteiger partial charge in [-0.3, -0.25) is 4.99 Å². The van der Waals surface area contributed by atoms with Crippen LogP contribution in [0.4, 0.5) is 5.69 Å². The van der Waals surface area contributed by atoms with E-state index in [1.807, 2.05) is 6.92 Å². The molecule has 0 radical (unpaired) electrons. The van der Waals surface area contributed by atoms with Gasteiger partial charge in [-0.2, -0.15) is 0 Å². The number of halogens is 1. The number of guanidine groups is 1. The van der Waals surface area contributed by atoms with Gasteiger partial charge in [0, 0.05) is 51.1 Å². The number of anilines is 1. The van der Waals surface area contributed by atoms with Crippen LogP contribution in [0.5, 0.6) is 5.75 Å². The van der Waals surface area contributed by atoms with Gasteiger partial charge >= 0.3 is 0 Å². The first-order chi connectivity index (χ1) is 15.7. The lowest BCUT2D eigenvalue weighted by Gasteiger charge is -2.30. The standard InChI is InChI=1S/C25H36N4O3.HI/c1-4-30-15-16-32-24-17-20(2)9-10-22(24)19-28-25(26-3)27-18-21-7-5-6-8-23(21)29-11-13-31-14-12-29;/h5-10,17H,4,11-16,18-19H2,1-3H3,(H2,26,27,28);1H. The second-order valence-electron chi connectivity index (χ2n) is 7.66. The Balaban J connectivity index is 0.00000385. The number of ether oxygens (including phenoxy) is 3. The minimum absolute atomic E-state index is 0. The van der Waals surface area contributed by atoms with Crippen molar-refractivity contribution in [2.24, 2.45) is 4.99 Å². The van der Waals surface area contributed by atoms with Gasteiger partial charge in [-0.15, -0.1) is 24.0 Å². The van der Waals surface area contributed by atoms with Gasteiger partial charge in [0.15, 0.2) is 5.96 Å². The SMILES string of the molecule is CCOCCOc1cc(C)ccc1CNC(=NC)NCc1ccccc1N1CCOCC1.I. The second-order valence-corrected chi connectivity index (χ2v) is 7.66. The molecule has 0 saturated carbocycles. The molecule has 8 heteroatoms. The third-order valence-electron chi connectivity index (χ3n) is 5.37. The van der Waals surface area contributed by atoms with E-state index in [1.54, 1.807) is 7.05 Å². The van der Waals surface area contributed by atoms with E-state index >= 15 is 0 Å². The van der Waals surface area contributed by atoms with Gasteiger partial charge < -0.3 is 29.7 Å². The molecule has 0 aliphatic carbocycles. The first kappa shape index (κ1) is 27.2. The van der Waals surface area contributed by atoms with Crippen molar-refractivity contribution in [1.82, 2.24) is 10.6 Å². The van der Waals surface area contributed by atoms with Crippen molar-refractivity contribution in [2.45, 2.75) is 26.9 Å². The largest absolute Gasteiger partial charge is 0.491 e. The summed E-state index contributed by atoms with van der Waals surface area (Å²) in [5.74, 6) is 1.63. The van der Waals surface area contributed by atoms with Crippen LogP contribution in [0.3, 0.4) is 0 Å². The molecular formula is C25H37IN4O3. The van der Waals surface area contributed by atoms with Gasteiger partial charge in [0.2, 0.25) is 0 Å². The molecule has 0 unspecified atom stereocenters. The summed E-state index contributed by atoms with van der Waals surface area (Å²) in [5, 5.41) is 6.86. The molecular weight excluding hydrogens is 531 g/mol. The van der Waals surface area contributed by atoms with Crippen LogP contribution in [0.1, 0.15) is 23.6 Å². The summed E-state index contributed by atoms with van der Waals surface area (Å²) in [5.41, 5.74) is 4.75. The number of rotatable bonds is 10. The first-order valence-electron chi connectivity index (χ1n) is 11.4. The predicted octanol–water partition coefficient (Wildman–Crippen LogP) is 3.73. The molecule has 182 valence electrons. The van der Waals surface area contributed by atoms with E-state index in [4.69, 9.17) is 14.2 Å². The predicted molar refractivity (Wildman–Crippen MR) is 145 cm³/mol. The Morgan fingerprint density at radius 3 is 2.48 bits per heavy atom. The number of nitrogens with zero attached hydrogens (tertiary/aromatic N) is 2. The summed E-state index contributed by atoms with van der Waals surface area (Å²) < 4.78 is 16.8. The second kappa shape index (κ2) is 15.0. The van der Waals surface area contributed by atoms with Crippen molar-refractivity contribution in [3.63, 3.8) is 0 Å². The zero-order chi connectivity index (χ0) is 22.6. The molecule has 0 amide bonds. The van der Waals surface area contributed by atoms with E-state index in [0.29, 0.717) is 32.9 Å². The Bertz CT molecular complexity index is 872. The average Bonchev–Trinajstić information content (AvgIpc) is 2.83. The van der Waals surface area contributed by atoms with Gasteiger partial charge in [0.05, 0.1) is 19.8 Å². The molecule has 1 aliphatic rings. The smallest absolute Gasteiger partial charge is 0.191 e. The number of benzene rings is 2. The summed E-state index contributed by atoms with van der Waals surface area (Å²) in [7, 11) is 1.79. The lowest BCUT2D eigenvalue weighted by atomic mass is 10.1. The van der Waals surface area contributed by atoms with E-state index in [9.17, 15) is 0 Å². The summed E-state index contributed by atoms with van der Waals surface area (Å²) in [4.78, 5) is 6.78. The van der Waals surface area contributed by atoms with Crippen molar-refractivity contribution < 1.29 is 14.2 Å². The fourth-order valence-electron chi connectivity index (χ4n) is 3.65. The highest BCUT2D eigenvalue weighted by Crippen LogP contribution is 2.22. The molecule has 1 saturated heterocycles. The summed E-state index contributed by atoms with van der Waals surface area (Å²) in [6.45, 7) is 10.6. The Morgan fingerprint density at radius 2 is 1.76 bits per heavy atom. The molecule has 0 aromatic heterocycles. The lowest BCUT2D eigenvalue weighted by Crippen LogP contribution is -2.39. The normalized spacial score (nSPS) is 13.9. The van der Waals surface area contributed by atoms with Crippen molar-refractivity contribution in [3.8, 4) is 5.75 Å². The minimum atomic E-state index is 0. The molecule has 1 heterocycles. The quantitative estimate of drug-likeness (QED) is 0.197. The Morgan fingerprint density at radius 1 is 1.03 bits per heavy atom. The Labute approximate surface area is 214 Å². The Kier molecular flexibility index (Phi) is 12.3. The zero-order valence-electron chi connectivity index (χ0n) is 19.9. The van der Waals surface area contributed by atoms with E-state index in [-0.39, 0.29) is 24.0 Å². The molecule has 0 atom stereocenters. The number of aliphatic imine (C=N–C) groups is 1. The highest BCUT2D eigenvalue weighted by atomic mass is 127. The number of nitrogens with one attached hydrogen (secondary N) is 2. The van der Waals surface area contributed by atoms with Crippen LogP contribution in [-0.2, 0) is 22.6 Å². The molecule has 1 fully saturated rings. The fourth-order valence-corrected chi connectivity index (χ4v) is 3.65. The zero-order valence-corrected chi connectivity index (χ0v) is 22.3. The highest BCUT2D eigenvalue weighted by Gasteiger charge is 2.14. The Hall–Kier alpha value is -2.04. The van der Waals surface area contributed by atoms with E-state index in [0.717, 1.165) is 43.6 Å². The summed E-state index contributed by atoms with van der Waals surface area (Å²) >= 11 is 0. The van der Waals surface area contributed by atoms with Crippen LogP contribution in [0.15, 0.2) is 47.5 Å². The summed E-state index contributed by atoms with van der Waals surface area (Å²) in [6, 6.07) is 14.8. The van der Waals surface area contributed by atoms with Crippen LogP contribution >= 0.6 is 24.0 Å². The van der Waals surface area contributed by atoms with Gasteiger partial charge in [-0.05, 0) is 37.1 Å². The molecule has 3 rings (SSSR count). The summed E-state index contributed by atoms with van der Waals surface area (Å²) in [6.07, 6.45) is 0. The minimum Gasteiger partial charge on any atom is -0.491 e. The van der Waals surface area contributed by atoms with Crippen molar-refractivity contribution in [2.75, 3.05) is 58.1 Å². The van der Waals surface area contributed by atoms with Crippen LogP contribution in [0.2, 0.25) is 0 Å². The van der Waals surface area contributed by atoms with Crippen molar-refractivity contribution in [1.29, 1.82) is 0 Å².